The average Bonchev–Trinajstić information content (AvgIpc) is 2.88. The second kappa shape index (κ2) is 7.46. The van der Waals surface area contributed by atoms with E-state index in [1.165, 1.54) is 11.8 Å². The van der Waals surface area contributed by atoms with Crippen LogP contribution in [-0.2, 0) is 4.79 Å². The van der Waals surface area contributed by atoms with Crippen molar-refractivity contribution in [3.63, 3.8) is 0 Å². The number of hydrogen-bond acceptors (Lipinski definition) is 3. The Bertz CT molecular complexity index is 852. The fourth-order valence-electron chi connectivity index (χ4n) is 2.66. The smallest absolute Gasteiger partial charge is 0.266 e. The molecule has 1 aliphatic heterocycles. The number of thioether (sulfide) groups is 1. The zero-order valence-electron chi connectivity index (χ0n) is 14.4. The highest BCUT2D eigenvalue weighted by atomic mass is 35.5. The molecule has 0 radical (unpaired) electrons. The fraction of sp³-hybridized carbons (Fsp3) is 0.200. The van der Waals surface area contributed by atoms with Gasteiger partial charge >= 0.3 is 0 Å². The molecule has 2 aromatic rings. The van der Waals surface area contributed by atoms with Crippen molar-refractivity contribution < 1.29 is 4.79 Å². The van der Waals surface area contributed by atoms with Crippen LogP contribution in [0.25, 0.3) is 6.08 Å². The van der Waals surface area contributed by atoms with Gasteiger partial charge in [-0.2, -0.15) is 0 Å². The van der Waals surface area contributed by atoms with Crippen LogP contribution in [0.2, 0.25) is 5.02 Å². The Labute approximate surface area is 157 Å². The van der Waals surface area contributed by atoms with Gasteiger partial charge in [-0.15, -0.1) is 0 Å². The highest BCUT2D eigenvalue weighted by Crippen LogP contribution is 2.35. The van der Waals surface area contributed by atoms with Crippen LogP contribution in [0.5, 0.6) is 0 Å². The van der Waals surface area contributed by atoms with Crippen molar-refractivity contribution in [1.82, 2.24) is 4.90 Å². The molecular formula is C20H19ClN2OS. The van der Waals surface area contributed by atoms with E-state index < -0.39 is 0 Å². The fourth-order valence-corrected chi connectivity index (χ4v) is 3.83. The number of amidine groups is 1. The van der Waals surface area contributed by atoms with E-state index in [1.54, 1.807) is 4.90 Å². The minimum atomic E-state index is -0.00700. The van der Waals surface area contributed by atoms with Gasteiger partial charge in [0.2, 0.25) is 0 Å². The highest BCUT2D eigenvalue weighted by molar-refractivity contribution is 8.18. The normalized spacial score (nSPS) is 17.8. The quantitative estimate of drug-likeness (QED) is 0.660. The number of aliphatic imine (C=N–C) groups is 1. The van der Waals surface area contributed by atoms with Gasteiger partial charge in [-0.25, -0.2) is 4.99 Å². The van der Waals surface area contributed by atoms with Gasteiger partial charge in [-0.05, 0) is 67.4 Å². The van der Waals surface area contributed by atoms with Gasteiger partial charge in [-0.3, -0.25) is 9.69 Å². The van der Waals surface area contributed by atoms with E-state index in [-0.39, 0.29) is 5.91 Å². The zero-order chi connectivity index (χ0) is 18.0. The van der Waals surface area contributed by atoms with Crippen LogP contribution >= 0.6 is 23.4 Å². The standard InChI is InChI=1S/C20H19ClN2OS/c1-4-23-19(24)17(12-15-8-10-16(21)11-9-15)25-20(23)22-18-13(2)6-5-7-14(18)3/h5-12H,4H2,1-3H3/b17-12+,22-20?. The zero-order valence-corrected chi connectivity index (χ0v) is 16.0. The van der Waals surface area contributed by atoms with Gasteiger partial charge < -0.3 is 0 Å². The van der Waals surface area contributed by atoms with E-state index in [4.69, 9.17) is 16.6 Å². The first kappa shape index (κ1) is 17.8. The Morgan fingerprint density at radius 2 is 1.76 bits per heavy atom. The number of nitrogens with zero attached hydrogens (tertiary/aromatic N) is 2. The number of amides is 1. The maximum Gasteiger partial charge on any atom is 0.266 e. The molecule has 128 valence electrons. The van der Waals surface area contributed by atoms with E-state index in [1.807, 2.05) is 69.3 Å². The van der Waals surface area contributed by atoms with Gasteiger partial charge in [0.1, 0.15) is 0 Å². The molecule has 25 heavy (non-hydrogen) atoms. The third-order valence-corrected chi connectivity index (χ3v) is 5.28. The lowest BCUT2D eigenvalue weighted by Crippen LogP contribution is -2.28. The largest absolute Gasteiger partial charge is 0.287 e. The molecule has 0 atom stereocenters. The average molecular weight is 371 g/mol. The van der Waals surface area contributed by atoms with E-state index >= 15 is 0 Å². The lowest BCUT2D eigenvalue weighted by Gasteiger charge is -2.13. The maximum absolute atomic E-state index is 12.7. The van der Waals surface area contributed by atoms with Gasteiger partial charge in [0.05, 0.1) is 10.6 Å². The Balaban J connectivity index is 1.98. The molecule has 0 unspecified atom stereocenters. The Morgan fingerprint density at radius 3 is 2.36 bits per heavy atom. The van der Waals surface area contributed by atoms with Crippen molar-refractivity contribution in [2.24, 2.45) is 4.99 Å². The van der Waals surface area contributed by atoms with Crippen molar-refractivity contribution >= 4 is 46.2 Å². The second-order valence-electron chi connectivity index (χ2n) is 5.85. The molecule has 5 heteroatoms. The summed E-state index contributed by atoms with van der Waals surface area (Å²) in [7, 11) is 0. The monoisotopic (exact) mass is 370 g/mol. The van der Waals surface area contributed by atoms with E-state index in [0.717, 1.165) is 27.5 Å². The number of aryl methyl sites for hydroxylation is 2. The summed E-state index contributed by atoms with van der Waals surface area (Å²) >= 11 is 7.34. The molecule has 1 aliphatic rings. The summed E-state index contributed by atoms with van der Waals surface area (Å²) < 4.78 is 0. The molecule has 2 aromatic carbocycles. The first-order chi connectivity index (χ1) is 12.0. The van der Waals surface area contributed by atoms with Crippen molar-refractivity contribution in [1.29, 1.82) is 0 Å². The molecule has 0 saturated carbocycles. The molecule has 3 nitrogen and oxygen atoms in total. The molecule has 0 aromatic heterocycles. The molecule has 1 fully saturated rings. The molecule has 1 amide bonds. The molecule has 3 rings (SSSR count). The number of halogens is 1. The summed E-state index contributed by atoms with van der Waals surface area (Å²) in [4.78, 5) is 19.9. The van der Waals surface area contributed by atoms with Crippen LogP contribution in [0.3, 0.4) is 0 Å². The van der Waals surface area contributed by atoms with Gasteiger partial charge in [0.15, 0.2) is 5.17 Å². The predicted molar refractivity (Wildman–Crippen MR) is 107 cm³/mol. The number of carbonyl (C=O) groups is 1. The van der Waals surface area contributed by atoms with Gasteiger partial charge in [0, 0.05) is 11.6 Å². The van der Waals surface area contributed by atoms with Gasteiger partial charge in [-0.1, -0.05) is 41.9 Å². The second-order valence-corrected chi connectivity index (χ2v) is 7.29. The van der Waals surface area contributed by atoms with Gasteiger partial charge in [0.25, 0.3) is 5.91 Å². The number of para-hydroxylation sites is 1. The third-order valence-electron chi connectivity index (χ3n) is 4.02. The van der Waals surface area contributed by atoms with Crippen LogP contribution in [0.15, 0.2) is 52.4 Å². The first-order valence-electron chi connectivity index (χ1n) is 8.11. The molecule has 0 N–H and O–H groups in total. The summed E-state index contributed by atoms with van der Waals surface area (Å²) in [6.45, 7) is 6.63. The molecule has 1 heterocycles. The Morgan fingerprint density at radius 1 is 1.12 bits per heavy atom. The summed E-state index contributed by atoms with van der Waals surface area (Å²) in [6, 6.07) is 13.5. The predicted octanol–water partition coefficient (Wildman–Crippen LogP) is 5.58. The van der Waals surface area contributed by atoms with E-state index in [0.29, 0.717) is 16.5 Å². The topological polar surface area (TPSA) is 32.7 Å². The Hall–Kier alpha value is -2.04. The SMILES string of the molecule is CCN1C(=O)/C(=C\c2ccc(Cl)cc2)SC1=Nc1c(C)cccc1C. The molecule has 1 saturated heterocycles. The van der Waals surface area contributed by atoms with Crippen molar-refractivity contribution in [2.45, 2.75) is 20.8 Å². The Kier molecular flexibility index (Phi) is 5.30. The lowest BCUT2D eigenvalue weighted by molar-refractivity contribution is -0.122. The molecule has 0 aliphatic carbocycles. The van der Waals surface area contributed by atoms with Crippen molar-refractivity contribution in [3.8, 4) is 0 Å². The minimum absolute atomic E-state index is 0.00700. The summed E-state index contributed by atoms with van der Waals surface area (Å²) in [5, 5.41) is 1.41. The molecule has 0 bridgehead atoms. The number of benzene rings is 2. The van der Waals surface area contributed by atoms with E-state index in [2.05, 4.69) is 0 Å². The van der Waals surface area contributed by atoms with Crippen LogP contribution in [-0.4, -0.2) is 22.5 Å². The number of likely N-dealkylation sites (N-methyl/N-ethyl adjacent to an activating group) is 1. The van der Waals surface area contributed by atoms with Crippen LogP contribution in [0.4, 0.5) is 5.69 Å². The highest BCUT2D eigenvalue weighted by Gasteiger charge is 2.32. The number of carbonyl (C=O) groups excluding carboxylic acids is 1. The summed E-state index contributed by atoms with van der Waals surface area (Å²) in [5.74, 6) is -0.00700. The number of rotatable bonds is 3. The van der Waals surface area contributed by atoms with Crippen LogP contribution in [0.1, 0.15) is 23.6 Å². The van der Waals surface area contributed by atoms with Crippen LogP contribution < -0.4 is 0 Å². The molecule has 0 spiro atoms. The summed E-state index contributed by atoms with van der Waals surface area (Å²) in [5.41, 5.74) is 4.09. The lowest BCUT2D eigenvalue weighted by atomic mass is 10.1. The third kappa shape index (κ3) is 3.80. The van der Waals surface area contributed by atoms with Crippen LogP contribution in [0, 0.1) is 13.8 Å². The molecular weight excluding hydrogens is 352 g/mol. The van der Waals surface area contributed by atoms with E-state index in [9.17, 15) is 4.79 Å². The summed E-state index contributed by atoms with van der Waals surface area (Å²) in [6.07, 6.45) is 1.89. The maximum atomic E-state index is 12.7. The minimum Gasteiger partial charge on any atom is -0.287 e. The van der Waals surface area contributed by atoms with Crippen molar-refractivity contribution in [3.05, 3.63) is 69.1 Å². The van der Waals surface area contributed by atoms with Crippen molar-refractivity contribution in [2.75, 3.05) is 6.54 Å². The number of hydrogen-bond donors (Lipinski definition) is 0. The first-order valence-corrected chi connectivity index (χ1v) is 9.31.